The summed E-state index contributed by atoms with van der Waals surface area (Å²) in [6, 6.07) is 12.9. The van der Waals surface area contributed by atoms with Crippen molar-refractivity contribution in [2.45, 2.75) is 11.1 Å². The van der Waals surface area contributed by atoms with Crippen molar-refractivity contribution in [2.24, 2.45) is 0 Å². The monoisotopic (exact) mass is 466 g/mol. The number of sulfonamides is 1. The molecule has 168 valence electrons. The fourth-order valence-corrected chi connectivity index (χ4v) is 4.81. The van der Waals surface area contributed by atoms with Gasteiger partial charge in [0.05, 0.1) is 16.2 Å². The lowest BCUT2D eigenvalue weighted by Crippen LogP contribution is -2.49. The summed E-state index contributed by atoms with van der Waals surface area (Å²) >= 11 is 0. The van der Waals surface area contributed by atoms with Crippen molar-refractivity contribution in [3.8, 4) is 11.3 Å². The highest BCUT2D eigenvalue weighted by Crippen LogP contribution is 2.30. The van der Waals surface area contributed by atoms with Crippen LogP contribution in [-0.4, -0.2) is 49.1 Å². The van der Waals surface area contributed by atoms with Gasteiger partial charge in [-0.2, -0.15) is 17.5 Å². The Morgan fingerprint density at radius 3 is 1.94 bits per heavy atom. The summed E-state index contributed by atoms with van der Waals surface area (Å²) in [5, 5.41) is 8.35. The number of nitrogens with zero attached hydrogens (tertiary/aromatic N) is 4. The van der Waals surface area contributed by atoms with Crippen LogP contribution in [0.2, 0.25) is 0 Å². The predicted octanol–water partition coefficient (Wildman–Crippen LogP) is 3.81. The molecule has 1 saturated heterocycles. The van der Waals surface area contributed by atoms with Gasteiger partial charge in [-0.15, -0.1) is 10.2 Å². The highest BCUT2D eigenvalue weighted by molar-refractivity contribution is 7.89. The maximum atomic E-state index is 13.1. The number of benzene rings is 2. The number of alkyl halides is 3. The third kappa shape index (κ3) is 4.58. The molecule has 0 atom stereocenters. The zero-order valence-corrected chi connectivity index (χ0v) is 17.4. The first kappa shape index (κ1) is 22.2. The van der Waals surface area contributed by atoms with Crippen molar-refractivity contribution in [1.82, 2.24) is 14.5 Å². The molecule has 0 unspecified atom stereocenters. The Kier molecular flexibility index (Phi) is 5.87. The van der Waals surface area contributed by atoms with Crippen LogP contribution >= 0.6 is 0 Å². The highest BCUT2D eigenvalue weighted by Gasteiger charge is 2.32. The molecule has 2 aromatic carbocycles. The zero-order chi connectivity index (χ0) is 22.9. The topological polar surface area (TPSA) is 66.4 Å². The molecule has 1 aliphatic rings. The van der Waals surface area contributed by atoms with Gasteiger partial charge in [0.2, 0.25) is 10.0 Å². The van der Waals surface area contributed by atoms with Gasteiger partial charge in [-0.3, -0.25) is 0 Å². The quantitative estimate of drug-likeness (QED) is 0.547. The molecule has 6 nitrogen and oxygen atoms in total. The van der Waals surface area contributed by atoms with E-state index >= 15 is 0 Å². The Morgan fingerprint density at radius 1 is 0.781 bits per heavy atom. The van der Waals surface area contributed by atoms with Gasteiger partial charge >= 0.3 is 6.18 Å². The lowest BCUT2D eigenvalue weighted by atomic mass is 10.1. The fraction of sp³-hybridized carbons (Fsp3) is 0.238. The Labute approximate surface area is 182 Å². The second-order valence-electron chi connectivity index (χ2n) is 7.20. The number of anilines is 1. The smallest absolute Gasteiger partial charge is 0.352 e. The summed E-state index contributed by atoms with van der Waals surface area (Å²) in [6.45, 7) is 1.02. The number of halogens is 4. The molecule has 32 heavy (non-hydrogen) atoms. The van der Waals surface area contributed by atoms with Gasteiger partial charge in [-0.05, 0) is 60.7 Å². The molecule has 0 spiro atoms. The summed E-state index contributed by atoms with van der Waals surface area (Å²) in [7, 11) is -3.90. The second-order valence-corrected chi connectivity index (χ2v) is 9.13. The number of piperazine rings is 1. The lowest BCUT2D eigenvalue weighted by molar-refractivity contribution is -0.137. The zero-order valence-electron chi connectivity index (χ0n) is 16.6. The van der Waals surface area contributed by atoms with Crippen LogP contribution in [-0.2, 0) is 16.2 Å². The molecule has 1 aliphatic heterocycles. The molecular weight excluding hydrogens is 448 g/mol. The first-order valence-electron chi connectivity index (χ1n) is 9.67. The van der Waals surface area contributed by atoms with Gasteiger partial charge in [0, 0.05) is 31.7 Å². The summed E-state index contributed by atoms with van der Waals surface area (Å²) in [6.07, 6.45) is -4.53. The van der Waals surface area contributed by atoms with Crippen LogP contribution in [0.25, 0.3) is 11.3 Å². The van der Waals surface area contributed by atoms with Crippen molar-refractivity contribution in [2.75, 3.05) is 31.1 Å². The van der Waals surface area contributed by atoms with Crippen LogP contribution in [0.3, 0.4) is 0 Å². The van der Waals surface area contributed by atoms with E-state index < -0.39 is 21.8 Å². The van der Waals surface area contributed by atoms with E-state index in [1.54, 1.807) is 24.3 Å². The van der Waals surface area contributed by atoms with Crippen LogP contribution in [0, 0.1) is 5.82 Å². The van der Waals surface area contributed by atoms with Gasteiger partial charge in [0.15, 0.2) is 5.82 Å². The molecule has 0 aliphatic carbocycles. The van der Waals surface area contributed by atoms with Crippen molar-refractivity contribution in [3.63, 3.8) is 0 Å². The van der Waals surface area contributed by atoms with Gasteiger partial charge < -0.3 is 4.90 Å². The van der Waals surface area contributed by atoms with Crippen LogP contribution < -0.4 is 4.90 Å². The molecule has 1 fully saturated rings. The Hall–Kier alpha value is -3.05. The molecule has 11 heteroatoms. The average molecular weight is 466 g/mol. The normalized spacial score (nSPS) is 15.7. The maximum Gasteiger partial charge on any atom is 0.416 e. The van der Waals surface area contributed by atoms with E-state index in [9.17, 15) is 26.0 Å². The highest BCUT2D eigenvalue weighted by atomic mass is 32.2. The standard InChI is InChI=1S/C21H18F4N4O2S/c22-17-5-1-15(2-6-17)19-9-10-20(27-26-19)28-11-13-29(14-12-28)32(30,31)18-7-3-16(4-8-18)21(23,24)25/h1-10H,11-14H2. The van der Waals surface area contributed by atoms with E-state index in [4.69, 9.17) is 0 Å². The van der Waals surface area contributed by atoms with E-state index in [2.05, 4.69) is 10.2 Å². The molecule has 0 amide bonds. The molecule has 3 aromatic rings. The third-order valence-corrected chi connectivity index (χ3v) is 7.09. The first-order valence-corrected chi connectivity index (χ1v) is 11.1. The van der Waals surface area contributed by atoms with Crippen molar-refractivity contribution < 1.29 is 26.0 Å². The molecule has 2 heterocycles. The van der Waals surface area contributed by atoms with Crippen LogP contribution in [0.1, 0.15) is 5.56 Å². The SMILES string of the molecule is O=S(=O)(c1ccc(C(F)(F)F)cc1)N1CCN(c2ccc(-c3ccc(F)cc3)nn2)CC1. The molecule has 0 radical (unpaired) electrons. The minimum atomic E-state index is -4.53. The Morgan fingerprint density at radius 2 is 1.41 bits per heavy atom. The molecule has 0 bridgehead atoms. The van der Waals surface area contributed by atoms with E-state index in [0.29, 0.717) is 24.6 Å². The third-order valence-electron chi connectivity index (χ3n) is 5.17. The van der Waals surface area contributed by atoms with Crippen LogP contribution in [0.4, 0.5) is 23.4 Å². The Bertz CT molecular complexity index is 1170. The molecule has 0 saturated carbocycles. The van der Waals surface area contributed by atoms with E-state index in [0.717, 1.165) is 29.8 Å². The number of hydrogen-bond donors (Lipinski definition) is 0. The molecular formula is C21H18F4N4O2S. The van der Waals surface area contributed by atoms with Gasteiger partial charge in [0.1, 0.15) is 5.82 Å². The molecule has 1 aromatic heterocycles. The lowest BCUT2D eigenvalue weighted by Gasteiger charge is -2.34. The fourth-order valence-electron chi connectivity index (χ4n) is 3.39. The number of aromatic nitrogens is 2. The summed E-state index contributed by atoms with van der Waals surface area (Å²) in [5.74, 6) is 0.227. The van der Waals surface area contributed by atoms with E-state index in [1.807, 2.05) is 4.90 Å². The molecule has 4 rings (SSSR count). The second kappa shape index (κ2) is 8.47. The van der Waals surface area contributed by atoms with E-state index in [-0.39, 0.29) is 23.8 Å². The van der Waals surface area contributed by atoms with Gasteiger partial charge in [-0.25, -0.2) is 12.8 Å². The largest absolute Gasteiger partial charge is 0.416 e. The summed E-state index contributed by atoms with van der Waals surface area (Å²) in [5.41, 5.74) is 0.402. The Balaban J connectivity index is 1.41. The summed E-state index contributed by atoms with van der Waals surface area (Å²) in [4.78, 5) is 1.70. The predicted molar refractivity (Wildman–Crippen MR) is 110 cm³/mol. The number of hydrogen-bond acceptors (Lipinski definition) is 5. The minimum Gasteiger partial charge on any atom is -0.352 e. The van der Waals surface area contributed by atoms with Gasteiger partial charge in [0.25, 0.3) is 0 Å². The summed E-state index contributed by atoms with van der Waals surface area (Å²) < 4.78 is 78.0. The average Bonchev–Trinajstić information content (AvgIpc) is 2.79. The van der Waals surface area contributed by atoms with Gasteiger partial charge in [-0.1, -0.05) is 0 Å². The van der Waals surface area contributed by atoms with Crippen molar-refractivity contribution in [1.29, 1.82) is 0 Å². The minimum absolute atomic E-state index is 0.157. The first-order chi connectivity index (χ1) is 15.1. The van der Waals surface area contributed by atoms with Crippen LogP contribution in [0.15, 0.2) is 65.6 Å². The van der Waals surface area contributed by atoms with Crippen molar-refractivity contribution in [3.05, 3.63) is 72.0 Å². The number of rotatable bonds is 4. The maximum absolute atomic E-state index is 13.1. The van der Waals surface area contributed by atoms with Crippen LogP contribution in [0.5, 0.6) is 0 Å². The van der Waals surface area contributed by atoms with E-state index in [1.165, 1.54) is 16.4 Å². The van der Waals surface area contributed by atoms with Crippen molar-refractivity contribution >= 4 is 15.8 Å². The molecule has 0 N–H and O–H groups in total.